The van der Waals surface area contributed by atoms with Gasteiger partial charge in [-0.3, -0.25) is 9.59 Å². The number of aryl methyl sites for hydroxylation is 1. The molecule has 2 fully saturated rings. The summed E-state index contributed by atoms with van der Waals surface area (Å²) >= 11 is 0. The maximum Gasteiger partial charge on any atom is 0.271 e. The molecule has 2 aliphatic rings. The first-order valence-electron chi connectivity index (χ1n) is 8.48. The average Bonchev–Trinajstić information content (AvgIpc) is 3.19. The molecule has 4 nitrogen and oxygen atoms in total. The van der Waals surface area contributed by atoms with Crippen LogP contribution in [0.4, 0.5) is 5.69 Å². The van der Waals surface area contributed by atoms with Crippen LogP contribution in [0.3, 0.4) is 0 Å². The van der Waals surface area contributed by atoms with Crippen molar-refractivity contribution in [2.24, 2.45) is 0 Å². The van der Waals surface area contributed by atoms with E-state index < -0.39 is 5.60 Å². The molecule has 0 N–H and O–H groups in total. The zero-order chi connectivity index (χ0) is 17.4. The lowest BCUT2D eigenvalue weighted by Gasteiger charge is -2.21. The summed E-state index contributed by atoms with van der Waals surface area (Å²) in [7, 11) is 0. The topological polar surface area (TPSA) is 46.6 Å². The Morgan fingerprint density at radius 2 is 1.76 bits per heavy atom. The zero-order valence-electron chi connectivity index (χ0n) is 14.1. The maximum atomic E-state index is 13.2. The van der Waals surface area contributed by atoms with E-state index in [-0.39, 0.29) is 11.8 Å². The molecular weight excluding hydrogens is 314 g/mol. The lowest BCUT2D eigenvalue weighted by atomic mass is 9.91. The molecule has 2 aromatic rings. The number of carbonyl (C=O) groups is 2. The van der Waals surface area contributed by atoms with Gasteiger partial charge in [-0.25, -0.2) is 4.90 Å². The molecule has 1 atom stereocenters. The summed E-state index contributed by atoms with van der Waals surface area (Å²) in [4.78, 5) is 27.6. The monoisotopic (exact) mass is 333 g/mol. The van der Waals surface area contributed by atoms with E-state index in [1.165, 1.54) is 4.90 Å². The van der Waals surface area contributed by atoms with Gasteiger partial charge in [0.15, 0.2) is 5.60 Å². The first-order valence-corrected chi connectivity index (χ1v) is 8.48. The van der Waals surface area contributed by atoms with Gasteiger partial charge in [0.2, 0.25) is 0 Å². The minimum atomic E-state index is -1.14. The fraction of sp³-hybridized carbons (Fsp3) is 0.238. The Kier molecular flexibility index (Phi) is 3.77. The summed E-state index contributed by atoms with van der Waals surface area (Å²) in [6.07, 6.45) is 3.10. The molecule has 1 unspecified atom stereocenters. The Labute approximate surface area is 146 Å². The van der Waals surface area contributed by atoms with Gasteiger partial charge in [-0.1, -0.05) is 48.0 Å². The van der Waals surface area contributed by atoms with E-state index in [9.17, 15) is 9.59 Å². The van der Waals surface area contributed by atoms with Crippen molar-refractivity contribution < 1.29 is 14.3 Å². The van der Waals surface area contributed by atoms with Crippen LogP contribution in [0.15, 0.2) is 60.2 Å². The van der Waals surface area contributed by atoms with Crippen LogP contribution in [0.5, 0.6) is 0 Å². The fourth-order valence-electron chi connectivity index (χ4n) is 3.52. The molecule has 4 rings (SSSR count). The van der Waals surface area contributed by atoms with Gasteiger partial charge in [0, 0.05) is 6.61 Å². The Balaban J connectivity index is 1.82. The lowest BCUT2D eigenvalue weighted by Crippen LogP contribution is -2.40. The van der Waals surface area contributed by atoms with Gasteiger partial charge in [-0.2, -0.15) is 0 Å². The highest BCUT2D eigenvalue weighted by Gasteiger charge is 2.58. The molecule has 0 bridgehead atoms. The normalized spacial score (nSPS) is 24.7. The third kappa shape index (κ3) is 2.50. The first-order chi connectivity index (χ1) is 12.1. The van der Waals surface area contributed by atoms with Gasteiger partial charge in [0.1, 0.15) is 0 Å². The number of imide groups is 1. The number of rotatable bonds is 2. The van der Waals surface area contributed by atoms with Crippen LogP contribution in [-0.2, 0) is 14.3 Å². The standard InChI is InChI=1S/C21H19NO3/c1-15-8-10-17(11-9-15)22-19(23)18(14-16-6-3-2-4-7-16)21(20(22)24)12-5-13-25-21/h2-4,6-11,14H,5,12-13H2,1H3/b18-14-. The second kappa shape index (κ2) is 5.97. The summed E-state index contributed by atoms with van der Waals surface area (Å²) in [6.45, 7) is 2.46. The van der Waals surface area contributed by atoms with E-state index in [1.54, 1.807) is 18.2 Å². The van der Waals surface area contributed by atoms with Crippen molar-refractivity contribution in [1.29, 1.82) is 0 Å². The van der Waals surface area contributed by atoms with E-state index in [2.05, 4.69) is 0 Å². The smallest absolute Gasteiger partial charge is 0.271 e. The molecule has 2 aliphatic heterocycles. The number of ether oxygens (including phenoxy) is 1. The molecule has 126 valence electrons. The molecule has 4 heteroatoms. The molecule has 2 heterocycles. The molecule has 2 aromatic carbocycles. The van der Waals surface area contributed by atoms with E-state index in [4.69, 9.17) is 4.74 Å². The maximum absolute atomic E-state index is 13.2. The van der Waals surface area contributed by atoms with Crippen molar-refractivity contribution in [2.75, 3.05) is 11.5 Å². The highest BCUT2D eigenvalue weighted by atomic mass is 16.5. The van der Waals surface area contributed by atoms with E-state index in [0.717, 1.165) is 17.5 Å². The largest absolute Gasteiger partial charge is 0.360 e. The van der Waals surface area contributed by atoms with E-state index >= 15 is 0 Å². The predicted octanol–water partition coefficient (Wildman–Crippen LogP) is 3.50. The highest BCUT2D eigenvalue weighted by Crippen LogP contribution is 2.43. The lowest BCUT2D eigenvalue weighted by molar-refractivity contribution is -0.131. The summed E-state index contributed by atoms with van der Waals surface area (Å²) in [5.41, 5.74) is 1.85. The van der Waals surface area contributed by atoms with Gasteiger partial charge in [-0.05, 0) is 43.5 Å². The van der Waals surface area contributed by atoms with Crippen LogP contribution in [0.1, 0.15) is 24.0 Å². The number of carbonyl (C=O) groups excluding carboxylic acids is 2. The predicted molar refractivity (Wildman–Crippen MR) is 96.0 cm³/mol. The van der Waals surface area contributed by atoms with Crippen molar-refractivity contribution in [3.8, 4) is 0 Å². The van der Waals surface area contributed by atoms with Crippen molar-refractivity contribution in [3.63, 3.8) is 0 Å². The molecule has 2 saturated heterocycles. The number of hydrogen-bond donors (Lipinski definition) is 0. The number of amides is 2. The van der Waals surface area contributed by atoms with Gasteiger partial charge in [0.25, 0.3) is 11.8 Å². The SMILES string of the molecule is Cc1ccc(N2C(=O)/C(=C/c3ccccc3)C3(CCCO3)C2=O)cc1. The third-order valence-electron chi connectivity index (χ3n) is 4.84. The average molecular weight is 333 g/mol. The van der Waals surface area contributed by atoms with Crippen LogP contribution in [-0.4, -0.2) is 24.0 Å². The van der Waals surface area contributed by atoms with Crippen molar-refractivity contribution in [1.82, 2.24) is 0 Å². The summed E-state index contributed by atoms with van der Waals surface area (Å²) in [5.74, 6) is -0.569. The van der Waals surface area contributed by atoms with Crippen LogP contribution in [0.2, 0.25) is 0 Å². The second-order valence-corrected chi connectivity index (χ2v) is 6.53. The fourth-order valence-corrected chi connectivity index (χ4v) is 3.52. The number of hydrogen-bond acceptors (Lipinski definition) is 3. The molecule has 25 heavy (non-hydrogen) atoms. The van der Waals surface area contributed by atoms with Crippen LogP contribution in [0.25, 0.3) is 6.08 Å². The Hall–Kier alpha value is -2.72. The van der Waals surface area contributed by atoms with E-state index in [0.29, 0.717) is 24.3 Å². The van der Waals surface area contributed by atoms with Crippen LogP contribution in [0, 0.1) is 6.92 Å². The summed E-state index contributed by atoms with van der Waals surface area (Å²) < 4.78 is 5.86. The molecule has 0 aromatic heterocycles. The molecule has 0 aliphatic carbocycles. The first kappa shape index (κ1) is 15.8. The highest BCUT2D eigenvalue weighted by molar-refractivity contribution is 6.34. The molecule has 0 saturated carbocycles. The number of benzene rings is 2. The molecule has 2 amide bonds. The molecular formula is C21H19NO3. The van der Waals surface area contributed by atoms with Crippen molar-refractivity contribution >= 4 is 23.6 Å². The van der Waals surface area contributed by atoms with E-state index in [1.807, 2.05) is 49.4 Å². The van der Waals surface area contributed by atoms with Gasteiger partial charge in [0.05, 0.1) is 11.3 Å². The summed E-state index contributed by atoms with van der Waals surface area (Å²) in [6, 6.07) is 17.0. The third-order valence-corrected chi connectivity index (χ3v) is 4.84. The number of anilines is 1. The van der Waals surface area contributed by atoms with Gasteiger partial charge >= 0.3 is 0 Å². The van der Waals surface area contributed by atoms with Gasteiger partial charge < -0.3 is 4.74 Å². The van der Waals surface area contributed by atoms with Gasteiger partial charge in [-0.15, -0.1) is 0 Å². The minimum Gasteiger partial charge on any atom is -0.360 e. The Morgan fingerprint density at radius 3 is 2.40 bits per heavy atom. The van der Waals surface area contributed by atoms with Crippen LogP contribution < -0.4 is 4.90 Å². The van der Waals surface area contributed by atoms with Crippen molar-refractivity contribution in [2.45, 2.75) is 25.4 Å². The quantitative estimate of drug-likeness (QED) is 0.624. The second-order valence-electron chi connectivity index (χ2n) is 6.53. The Bertz CT molecular complexity index is 846. The zero-order valence-corrected chi connectivity index (χ0v) is 14.1. The minimum absolute atomic E-state index is 0.277. The molecule has 1 spiro atoms. The number of nitrogens with zero attached hydrogens (tertiary/aromatic N) is 1. The Morgan fingerprint density at radius 1 is 1.04 bits per heavy atom. The summed E-state index contributed by atoms with van der Waals surface area (Å²) in [5, 5.41) is 0. The van der Waals surface area contributed by atoms with Crippen LogP contribution >= 0.6 is 0 Å². The van der Waals surface area contributed by atoms with Crippen molar-refractivity contribution in [3.05, 3.63) is 71.3 Å². The molecule has 0 radical (unpaired) electrons.